The molecule has 0 aliphatic heterocycles. The van der Waals surface area contributed by atoms with Gasteiger partial charge in [-0.15, -0.1) is 0 Å². The highest BCUT2D eigenvalue weighted by Gasteiger charge is 2.24. The first-order valence-corrected chi connectivity index (χ1v) is 13.2. The van der Waals surface area contributed by atoms with Gasteiger partial charge in [-0.05, 0) is 79.3 Å². The molecular weight excluding hydrogens is 476 g/mol. The summed E-state index contributed by atoms with van der Waals surface area (Å²) in [6.07, 6.45) is 8.27. The van der Waals surface area contributed by atoms with Crippen LogP contribution in [0.2, 0.25) is 0 Å². The van der Waals surface area contributed by atoms with Crippen LogP contribution in [-0.2, 0) is 0 Å². The minimum Gasteiger partial charge on any atom is -0.493 e. The Hall–Kier alpha value is -4.32. The molecule has 0 spiro atoms. The summed E-state index contributed by atoms with van der Waals surface area (Å²) in [5.74, 6) is 1.81. The lowest BCUT2D eigenvalue weighted by atomic mass is 10.0. The van der Waals surface area contributed by atoms with Crippen molar-refractivity contribution in [3.63, 3.8) is 0 Å². The molecule has 0 amide bonds. The van der Waals surface area contributed by atoms with Gasteiger partial charge in [0, 0.05) is 23.3 Å². The lowest BCUT2D eigenvalue weighted by molar-refractivity contribution is 0.0962. The molecule has 1 saturated carbocycles. The van der Waals surface area contributed by atoms with Crippen molar-refractivity contribution in [3.8, 4) is 28.4 Å². The normalized spacial score (nSPS) is 13.7. The fourth-order valence-electron chi connectivity index (χ4n) is 5.43. The molecule has 0 bridgehead atoms. The van der Waals surface area contributed by atoms with Crippen LogP contribution in [0.15, 0.2) is 79.1 Å². The number of ether oxygens (including phenoxy) is 3. The monoisotopic (exact) mass is 506 g/mol. The van der Waals surface area contributed by atoms with E-state index in [-0.39, 0.29) is 12.0 Å². The summed E-state index contributed by atoms with van der Waals surface area (Å²) in [6, 6.07) is 21.6. The predicted molar refractivity (Wildman–Crippen MR) is 149 cm³/mol. The number of carbonyl (C=O) groups is 1. The average Bonchev–Trinajstić information content (AvgIpc) is 3.61. The summed E-state index contributed by atoms with van der Waals surface area (Å²) in [5.41, 5.74) is 2.96. The fraction of sp³-hybridized carbons (Fsp3) is 0.250. The molecule has 192 valence electrons. The molecule has 5 aromatic rings. The van der Waals surface area contributed by atoms with E-state index in [1.165, 1.54) is 12.8 Å². The quantitative estimate of drug-likeness (QED) is 0.232. The first-order chi connectivity index (χ1) is 18.7. The van der Waals surface area contributed by atoms with Gasteiger partial charge in [-0.2, -0.15) is 0 Å². The van der Waals surface area contributed by atoms with E-state index in [0.29, 0.717) is 29.3 Å². The molecule has 2 aromatic heterocycles. The number of hydrogen-bond acceptors (Lipinski definition) is 5. The zero-order chi connectivity index (χ0) is 26.1. The van der Waals surface area contributed by atoms with Crippen molar-refractivity contribution in [2.45, 2.75) is 38.7 Å². The fourth-order valence-corrected chi connectivity index (χ4v) is 5.43. The summed E-state index contributed by atoms with van der Waals surface area (Å²) < 4.78 is 19.5. The molecule has 1 fully saturated rings. The third kappa shape index (κ3) is 4.26. The highest BCUT2D eigenvalue weighted by molar-refractivity contribution is 6.13. The Kier molecular flexibility index (Phi) is 6.46. The van der Waals surface area contributed by atoms with Gasteiger partial charge < -0.3 is 14.2 Å². The Morgan fingerprint density at radius 3 is 2.55 bits per heavy atom. The maximum atomic E-state index is 14.2. The van der Waals surface area contributed by atoms with Crippen LogP contribution in [0.25, 0.3) is 32.9 Å². The predicted octanol–water partition coefficient (Wildman–Crippen LogP) is 7.27. The summed E-state index contributed by atoms with van der Waals surface area (Å²) in [4.78, 5) is 18.8. The third-order valence-corrected chi connectivity index (χ3v) is 7.26. The van der Waals surface area contributed by atoms with Gasteiger partial charge in [0.2, 0.25) is 0 Å². The average molecular weight is 507 g/mol. The first kappa shape index (κ1) is 24.0. The second-order valence-electron chi connectivity index (χ2n) is 9.58. The highest BCUT2D eigenvalue weighted by atomic mass is 16.5. The van der Waals surface area contributed by atoms with Gasteiger partial charge in [-0.3, -0.25) is 9.36 Å². The molecule has 6 rings (SSSR count). The molecule has 0 saturated heterocycles. The molecular formula is C32H30N2O4. The zero-order valence-corrected chi connectivity index (χ0v) is 21.6. The first-order valence-electron chi connectivity index (χ1n) is 13.2. The molecule has 2 heterocycles. The minimum absolute atomic E-state index is 0.184. The van der Waals surface area contributed by atoms with Crippen molar-refractivity contribution in [1.29, 1.82) is 0 Å². The minimum atomic E-state index is -0.184. The van der Waals surface area contributed by atoms with E-state index in [1.807, 2.05) is 79.9 Å². The van der Waals surface area contributed by atoms with Crippen LogP contribution in [0, 0.1) is 0 Å². The van der Waals surface area contributed by atoms with Crippen LogP contribution >= 0.6 is 0 Å². The number of rotatable bonds is 7. The second kappa shape index (κ2) is 10.2. The lowest BCUT2D eigenvalue weighted by Gasteiger charge is -2.16. The molecule has 1 aliphatic rings. The number of aromatic nitrogens is 2. The van der Waals surface area contributed by atoms with Crippen molar-refractivity contribution in [1.82, 2.24) is 9.55 Å². The van der Waals surface area contributed by atoms with Crippen LogP contribution in [0.1, 0.15) is 43.0 Å². The number of benzene rings is 3. The molecule has 6 nitrogen and oxygen atoms in total. The number of pyridine rings is 1. The van der Waals surface area contributed by atoms with Gasteiger partial charge in [0.05, 0.1) is 25.4 Å². The van der Waals surface area contributed by atoms with Crippen LogP contribution in [0.5, 0.6) is 17.2 Å². The maximum absolute atomic E-state index is 14.2. The van der Waals surface area contributed by atoms with Crippen molar-refractivity contribution in [2.75, 3.05) is 13.7 Å². The Balaban J connectivity index is 1.49. The number of fused-ring (bicyclic) bond motifs is 2. The largest absolute Gasteiger partial charge is 0.493 e. The van der Waals surface area contributed by atoms with Crippen LogP contribution < -0.4 is 14.2 Å². The van der Waals surface area contributed by atoms with Gasteiger partial charge in [0.25, 0.3) is 5.91 Å². The summed E-state index contributed by atoms with van der Waals surface area (Å²) in [6.45, 7) is 2.38. The molecule has 3 aromatic carbocycles. The van der Waals surface area contributed by atoms with Crippen molar-refractivity contribution < 1.29 is 19.0 Å². The molecule has 6 heteroatoms. The molecule has 38 heavy (non-hydrogen) atoms. The number of hydrogen-bond donors (Lipinski definition) is 0. The topological polar surface area (TPSA) is 62.6 Å². The Morgan fingerprint density at radius 2 is 1.74 bits per heavy atom. The summed E-state index contributed by atoms with van der Waals surface area (Å²) in [7, 11) is 1.66. The van der Waals surface area contributed by atoms with Gasteiger partial charge in [-0.1, -0.05) is 36.4 Å². The Morgan fingerprint density at radius 1 is 0.947 bits per heavy atom. The Bertz CT molecular complexity index is 1630. The van der Waals surface area contributed by atoms with E-state index >= 15 is 0 Å². The van der Waals surface area contributed by atoms with Crippen molar-refractivity contribution >= 4 is 27.7 Å². The standard InChI is InChI=1S/C32H30N2O4/c1-3-37-28-17-14-21-9-4-7-12-24(21)30(28)32(35)34-20-26(25-13-8-18-33-31(25)34)22-15-16-27(36-2)29(19-22)38-23-10-5-6-11-23/h4,7-9,12-20,23H,3,5-6,10-11H2,1-2H3. The van der Waals surface area contributed by atoms with Gasteiger partial charge >= 0.3 is 0 Å². The van der Waals surface area contributed by atoms with E-state index in [0.717, 1.165) is 45.9 Å². The van der Waals surface area contributed by atoms with Gasteiger partial charge in [0.1, 0.15) is 11.4 Å². The van der Waals surface area contributed by atoms with Crippen molar-refractivity contribution in [2.24, 2.45) is 0 Å². The lowest BCUT2D eigenvalue weighted by Crippen LogP contribution is -2.14. The zero-order valence-electron chi connectivity index (χ0n) is 21.6. The molecule has 0 N–H and O–H groups in total. The van der Waals surface area contributed by atoms with E-state index in [9.17, 15) is 4.79 Å². The molecule has 0 radical (unpaired) electrons. The smallest absolute Gasteiger partial charge is 0.267 e. The highest BCUT2D eigenvalue weighted by Crippen LogP contribution is 2.39. The second-order valence-corrected chi connectivity index (χ2v) is 9.58. The summed E-state index contributed by atoms with van der Waals surface area (Å²) >= 11 is 0. The molecule has 1 aliphatic carbocycles. The maximum Gasteiger partial charge on any atom is 0.267 e. The molecule has 0 unspecified atom stereocenters. The van der Waals surface area contributed by atoms with E-state index < -0.39 is 0 Å². The van der Waals surface area contributed by atoms with E-state index in [1.54, 1.807) is 17.9 Å². The van der Waals surface area contributed by atoms with E-state index in [4.69, 9.17) is 14.2 Å². The number of methoxy groups -OCH3 is 1. The molecule has 0 atom stereocenters. The number of carbonyl (C=O) groups excluding carboxylic acids is 1. The van der Waals surface area contributed by atoms with E-state index in [2.05, 4.69) is 4.98 Å². The van der Waals surface area contributed by atoms with Gasteiger partial charge in [0.15, 0.2) is 11.5 Å². The van der Waals surface area contributed by atoms with Gasteiger partial charge in [-0.25, -0.2) is 4.98 Å². The van der Waals surface area contributed by atoms with Crippen LogP contribution in [0.3, 0.4) is 0 Å². The number of nitrogens with zero attached hydrogens (tertiary/aromatic N) is 2. The SMILES string of the molecule is CCOc1ccc2ccccc2c1C(=O)n1cc(-c2ccc(OC)c(OC3CCCC3)c2)c2cccnc21. The van der Waals surface area contributed by atoms with Crippen LogP contribution in [-0.4, -0.2) is 35.3 Å². The van der Waals surface area contributed by atoms with Crippen molar-refractivity contribution in [3.05, 3.63) is 84.7 Å². The Labute approximate surface area is 221 Å². The third-order valence-electron chi connectivity index (χ3n) is 7.26. The van der Waals surface area contributed by atoms with Crippen LogP contribution in [0.4, 0.5) is 0 Å². The summed E-state index contributed by atoms with van der Waals surface area (Å²) in [5, 5.41) is 2.71.